The van der Waals surface area contributed by atoms with E-state index in [1.165, 1.54) is 10.9 Å². The van der Waals surface area contributed by atoms with E-state index in [0.29, 0.717) is 17.0 Å². The van der Waals surface area contributed by atoms with Crippen LogP contribution in [0.3, 0.4) is 0 Å². The Morgan fingerprint density at radius 3 is 2.79 bits per heavy atom. The zero-order valence-electron chi connectivity index (χ0n) is 10.2. The van der Waals surface area contributed by atoms with Crippen LogP contribution in [0.25, 0.3) is 11.2 Å². The molecule has 1 saturated heterocycles. The molecule has 3 rings (SSSR count). The summed E-state index contributed by atoms with van der Waals surface area (Å²) in [6.07, 6.45) is -0.888. The molecule has 0 aromatic carbocycles. The number of imidazole rings is 1. The third-order valence-corrected chi connectivity index (χ3v) is 3.23. The number of rotatable bonds is 2. The highest BCUT2D eigenvalue weighted by Gasteiger charge is 2.43. The summed E-state index contributed by atoms with van der Waals surface area (Å²) in [6, 6.07) is 0. The van der Waals surface area contributed by atoms with E-state index in [9.17, 15) is 10.2 Å². The quantitative estimate of drug-likeness (QED) is 0.622. The lowest BCUT2D eigenvalue weighted by Gasteiger charge is -2.16. The zero-order chi connectivity index (χ0) is 13.6. The third-order valence-electron chi connectivity index (χ3n) is 3.23. The predicted octanol–water partition coefficient (Wildman–Crippen LogP) is -1.25. The fourth-order valence-electron chi connectivity index (χ4n) is 2.21. The standard InChI is InChI=1S/C11H14N4O4/c1-5-12-2-6-10(14-5)15(4-13-6)11-9(18)8(17)7(3-16)19-11/h2,4,7-9,11,16-18H,3H2,1H3/t7-,8+,9?,11-/m1/s1. The average Bonchev–Trinajstić information content (AvgIpc) is 2.92. The Morgan fingerprint density at radius 1 is 1.32 bits per heavy atom. The van der Waals surface area contributed by atoms with Crippen molar-refractivity contribution in [3.05, 3.63) is 18.3 Å². The SMILES string of the molecule is Cc1ncc2ncn([C@@H]3O[C@H](CO)[C@H](O)C3O)c2n1. The fourth-order valence-corrected chi connectivity index (χ4v) is 2.21. The molecule has 1 fully saturated rings. The number of aromatic nitrogens is 4. The van der Waals surface area contributed by atoms with Gasteiger partial charge in [-0.25, -0.2) is 15.0 Å². The lowest BCUT2D eigenvalue weighted by Crippen LogP contribution is -2.33. The van der Waals surface area contributed by atoms with E-state index in [4.69, 9.17) is 9.84 Å². The average molecular weight is 266 g/mol. The maximum Gasteiger partial charge on any atom is 0.165 e. The Hall–Kier alpha value is -1.61. The molecule has 0 radical (unpaired) electrons. The minimum atomic E-state index is -1.15. The molecule has 2 aromatic heterocycles. The van der Waals surface area contributed by atoms with Gasteiger partial charge in [0.05, 0.1) is 19.1 Å². The van der Waals surface area contributed by atoms with Crippen LogP contribution in [0.2, 0.25) is 0 Å². The highest BCUT2D eigenvalue weighted by atomic mass is 16.6. The smallest absolute Gasteiger partial charge is 0.165 e. The maximum atomic E-state index is 9.98. The summed E-state index contributed by atoms with van der Waals surface area (Å²) in [5.74, 6) is 0.570. The van der Waals surface area contributed by atoms with Gasteiger partial charge in [0.25, 0.3) is 0 Å². The maximum absolute atomic E-state index is 9.98. The number of aliphatic hydroxyl groups is 3. The first-order chi connectivity index (χ1) is 9.11. The first-order valence-corrected chi connectivity index (χ1v) is 5.90. The minimum Gasteiger partial charge on any atom is -0.394 e. The summed E-state index contributed by atoms with van der Waals surface area (Å²) >= 11 is 0. The molecule has 0 saturated carbocycles. The van der Waals surface area contributed by atoms with Crippen molar-refractivity contribution in [2.45, 2.75) is 31.5 Å². The summed E-state index contributed by atoms with van der Waals surface area (Å²) in [4.78, 5) is 12.4. The third kappa shape index (κ3) is 1.89. The molecule has 1 unspecified atom stereocenters. The summed E-state index contributed by atoms with van der Waals surface area (Å²) < 4.78 is 6.98. The largest absolute Gasteiger partial charge is 0.394 e. The summed E-state index contributed by atoms with van der Waals surface area (Å²) in [6.45, 7) is 1.38. The van der Waals surface area contributed by atoms with Crippen LogP contribution in [-0.4, -0.2) is 59.8 Å². The van der Waals surface area contributed by atoms with Crippen LogP contribution in [0.4, 0.5) is 0 Å². The molecule has 0 bridgehead atoms. The van der Waals surface area contributed by atoms with Gasteiger partial charge in [-0.3, -0.25) is 4.57 Å². The minimum absolute atomic E-state index is 0.366. The van der Waals surface area contributed by atoms with Gasteiger partial charge in [-0.15, -0.1) is 0 Å². The lowest BCUT2D eigenvalue weighted by atomic mass is 10.1. The Morgan fingerprint density at radius 2 is 2.11 bits per heavy atom. The highest BCUT2D eigenvalue weighted by Crippen LogP contribution is 2.30. The van der Waals surface area contributed by atoms with Gasteiger partial charge in [0.2, 0.25) is 0 Å². The number of hydrogen-bond acceptors (Lipinski definition) is 7. The van der Waals surface area contributed by atoms with Crippen LogP contribution in [0, 0.1) is 6.92 Å². The molecular weight excluding hydrogens is 252 g/mol. The van der Waals surface area contributed by atoms with Gasteiger partial charge in [0.15, 0.2) is 11.9 Å². The van der Waals surface area contributed by atoms with Crippen LogP contribution in [-0.2, 0) is 4.74 Å². The van der Waals surface area contributed by atoms with E-state index in [1.54, 1.807) is 13.1 Å². The number of aliphatic hydroxyl groups excluding tert-OH is 3. The van der Waals surface area contributed by atoms with Gasteiger partial charge in [0, 0.05) is 0 Å². The number of nitrogens with zero attached hydrogens (tertiary/aromatic N) is 4. The molecule has 0 amide bonds. The van der Waals surface area contributed by atoms with Crippen LogP contribution in [0.1, 0.15) is 12.1 Å². The van der Waals surface area contributed by atoms with Gasteiger partial charge in [-0.1, -0.05) is 0 Å². The van der Waals surface area contributed by atoms with Crippen molar-refractivity contribution in [2.24, 2.45) is 0 Å². The second-order valence-corrected chi connectivity index (χ2v) is 4.51. The monoisotopic (exact) mass is 266 g/mol. The van der Waals surface area contributed by atoms with Crippen LogP contribution in [0.5, 0.6) is 0 Å². The molecule has 1 aliphatic heterocycles. The molecule has 3 heterocycles. The predicted molar refractivity (Wildman–Crippen MR) is 63.1 cm³/mol. The Labute approximate surface area is 108 Å². The summed E-state index contributed by atoms with van der Waals surface area (Å²) in [7, 11) is 0. The highest BCUT2D eigenvalue weighted by molar-refractivity contribution is 5.69. The molecule has 102 valence electrons. The Bertz CT molecular complexity index is 601. The topological polar surface area (TPSA) is 114 Å². The van der Waals surface area contributed by atoms with E-state index in [1.807, 2.05) is 0 Å². The van der Waals surface area contributed by atoms with Gasteiger partial charge >= 0.3 is 0 Å². The van der Waals surface area contributed by atoms with Crippen molar-refractivity contribution in [2.75, 3.05) is 6.61 Å². The van der Waals surface area contributed by atoms with Gasteiger partial charge < -0.3 is 20.1 Å². The molecule has 0 aliphatic carbocycles. The number of ether oxygens (including phenoxy) is 1. The number of aryl methyl sites for hydroxylation is 1. The zero-order valence-corrected chi connectivity index (χ0v) is 10.2. The van der Waals surface area contributed by atoms with E-state index in [0.717, 1.165) is 0 Å². The van der Waals surface area contributed by atoms with Crippen LogP contribution >= 0.6 is 0 Å². The number of hydrogen-bond donors (Lipinski definition) is 3. The molecule has 4 atom stereocenters. The van der Waals surface area contributed by atoms with Crippen molar-refractivity contribution >= 4 is 11.2 Å². The van der Waals surface area contributed by atoms with E-state index in [2.05, 4.69) is 15.0 Å². The molecular formula is C11H14N4O4. The molecule has 1 aliphatic rings. The molecule has 19 heavy (non-hydrogen) atoms. The normalized spacial score (nSPS) is 31.2. The second kappa shape index (κ2) is 4.49. The van der Waals surface area contributed by atoms with E-state index in [-0.39, 0.29) is 6.61 Å². The Balaban J connectivity index is 2.03. The molecule has 8 heteroatoms. The van der Waals surface area contributed by atoms with Gasteiger partial charge in [-0.05, 0) is 6.92 Å². The Kier molecular flexibility index (Phi) is 2.94. The van der Waals surface area contributed by atoms with Crippen molar-refractivity contribution in [3.63, 3.8) is 0 Å². The van der Waals surface area contributed by atoms with Crippen LogP contribution in [0.15, 0.2) is 12.5 Å². The number of fused-ring (bicyclic) bond motifs is 1. The lowest BCUT2D eigenvalue weighted by molar-refractivity contribution is -0.0511. The summed E-state index contributed by atoms with van der Waals surface area (Å²) in [5.41, 5.74) is 1.09. The van der Waals surface area contributed by atoms with Crippen molar-refractivity contribution < 1.29 is 20.1 Å². The van der Waals surface area contributed by atoms with Crippen molar-refractivity contribution in [1.82, 2.24) is 19.5 Å². The fraction of sp³-hybridized carbons (Fsp3) is 0.545. The van der Waals surface area contributed by atoms with Crippen molar-refractivity contribution in [3.8, 4) is 0 Å². The molecule has 2 aromatic rings. The second-order valence-electron chi connectivity index (χ2n) is 4.51. The summed E-state index contributed by atoms with van der Waals surface area (Å²) in [5, 5.41) is 28.8. The first-order valence-electron chi connectivity index (χ1n) is 5.90. The van der Waals surface area contributed by atoms with Crippen molar-refractivity contribution in [1.29, 1.82) is 0 Å². The molecule has 3 N–H and O–H groups in total. The van der Waals surface area contributed by atoms with E-state index < -0.39 is 24.5 Å². The first kappa shape index (κ1) is 12.4. The van der Waals surface area contributed by atoms with E-state index >= 15 is 0 Å². The van der Waals surface area contributed by atoms with Gasteiger partial charge in [-0.2, -0.15) is 0 Å². The molecule has 0 spiro atoms. The van der Waals surface area contributed by atoms with Crippen LogP contribution < -0.4 is 0 Å². The molecule has 8 nitrogen and oxygen atoms in total. The van der Waals surface area contributed by atoms with Gasteiger partial charge in [0.1, 0.15) is 29.7 Å².